The summed E-state index contributed by atoms with van der Waals surface area (Å²) in [6.45, 7) is 11.0. The fraction of sp³-hybridized carbons (Fsp3) is 0.222. The average molecular weight is 465 g/mol. The van der Waals surface area contributed by atoms with Crippen molar-refractivity contribution in [2.75, 3.05) is 5.32 Å². The highest BCUT2D eigenvalue weighted by molar-refractivity contribution is 7.18. The fourth-order valence-electron chi connectivity index (χ4n) is 2.91. The van der Waals surface area contributed by atoms with Crippen molar-refractivity contribution < 1.29 is 14.0 Å². The second kappa shape index (κ2) is 12.0. The molecule has 0 spiro atoms. The third-order valence-corrected chi connectivity index (χ3v) is 5.42. The lowest BCUT2D eigenvalue weighted by Crippen LogP contribution is -2.13. The minimum absolute atomic E-state index is 0.0830. The van der Waals surface area contributed by atoms with E-state index in [1.54, 1.807) is 23.5 Å². The molecule has 3 aromatic carbocycles. The van der Waals surface area contributed by atoms with E-state index in [1.165, 1.54) is 26.0 Å². The first-order valence-corrected chi connectivity index (χ1v) is 11.3. The number of anilines is 1. The van der Waals surface area contributed by atoms with Gasteiger partial charge in [0, 0.05) is 11.3 Å². The molecule has 4 rings (SSSR count). The van der Waals surface area contributed by atoms with E-state index >= 15 is 0 Å². The number of benzene rings is 3. The van der Waals surface area contributed by atoms with Crippen LogP contribution in [0.15, 0.2) is 60.7 Å². The van der Waals surface area contributed by atoms with Gasteiger partial charge in [-0.1, -0.05) is 35.9 Å². The molecule has 0 aliphatic rings. The monoisotopic (exact) mass is 464 g/mol. The van der Waals surface area contributed by atoms with E-state index in [9.17, 15) is 14.0 Å². The molecule has 0 bridgehead atoms. The Balaban J connectivity index is 0.000000265. The lowest BCUT2D eigenvalue weighted by atomic mass is 10.1. The van der Waals surface area contributed by atoms with E-state index in [0.717, 1.165) is 37.6 Å². The molecule has 0 unspecified atom stereocenters. The van der Waals surface area contributed by atoms with Crippen LogP contribution >= 0.6 is 11.3 Å². The highest BCUT2D eigenvalue weighted by atomic mass is 32.1. The van der Waals surface area contributed by atoms with Gasteiger partial charge in [0.15, 0.2) is 0 Å². The van der Waals surface area contributed by atoms with E-state index in [4.69, 9.17) is 0 Å². The van der Waals surface area contributed by atoms with Gasteiger partial charge in [0.05, 0.1) is 15.2 Å². The predicted octanol–water partition coefficient (Wildman–Crippen LogP) is 7.20. The summed E-state index contributed by atoms with van der Waals surface area (Å²) in [5, 5.41) is 4.02. The van der Waals surface area contributed by atoms with Crippen molar-refractivity contribution in [3.8, 4) is 0 Å². The lowest BCUT2D eigenvalue weighted by molar-refractivity contribution is -0.115. The number of para-hydroxylation sites is 1. The summed E-state index contributed by atoms with van der Waals surface area (Å²) < 4.78 is 13.1. The van der Waals surface area contributed by atoms with Crippen LogP contribution in [-0.4, -0.2) is 16.7 Å². The van der Waals surface area contributed by atoms with Crippen LogP contribution in [0.3, 0.4) is 0 Å². The number of carbonyl (C=O) groups is 2. The minimum atomic E-state index is -0.171. The number of ketones is 1. The van der Waals surface area contributed by atoms with Crippen molar-refractivity contribution >= 4 is 38.9 Å². The molecule has 1 heterocycles. The normalized spacial score (nSPS) is 9.91. The standard InChI is InChI=1S/C17H16N2OS.C7H7F.C3H6O/c1-10-5-4-6-11(2)16(10)19-17(20)13-7-8-14-15(9-13)21-12(3)18-14;1-6-2-4-7(8)5-3-6;1-3(2)4/h4-9H,1-3H3,(H,19,20);2-5H,1H3;1-2H3. The van der Waals surface area contributed by atoms with E-state index in [1.807, 2.05) is 64.1 Å². The number of rotatable bonds is 2. The second-order valence-electron chi connectivity index (χ2n) is 7.84. The van der Waals surface area contributed by atoms with E-state index in [2.05, 4.69) is 10.3 Å². The topological polar surface area (TPSA) is 59.1 Å². The number of hydrogen-bond acceptors (Lipinski definition) is 4. The maximum atomic E-state index is 12.4. The number of hydrogen-bond donors (Lipinski definition) is 1. The Morgan fingerprint density at radius 3 is 2.00 bits per heavy atom. The van der Waals surface area contributed by atoms with Crippen LogP contribution in [0.25, 0.3) is 10.2 Å². The molecule has 4 aromatic rings. The number of nitrogens with zero attached hydrogens (tertiary/aromatic N) is 1. The smallest absolute Gasteiger partial charge is 0.255 e. The molecule has 0 saturated heterocycles. The molecule has 0 saturated carbocycles. The molecular formula is C27H29FN2O2S. The number of halogens is 1. The van der Waals surface area contributed by atoms with Crippen LogP contribution in [0.1, 0.15) is 45.9 Å². The number of fused-ring (bicyclic) bond motifs is 1. The maximum Gasteiger partial charge on any atom is 0.255 e. The van der Waals surface area contributed by atoms with Crippen LogP contribution in [0, 0.1) is 33.5 Å². The van der Waals surface area contributed by atoms with Crippen molar-refractivity contribution in [1.29, 1.82) is 0 Å². The van der Waals surface area contributed by atoms with Gasteiger partial charge in [0.25, 0.3) is 5.91 Å². The van der Waals surface area contributed by atoms with Crippen molar-refractivity contribution in [3.63, 3.8) is 0 Å². The summed E-state index contributed by atoms with van der Waals surface area (Å²) in [6.07, 6.45) is 0. The van der Waals surface area contributed by atoms with Gasteiger partial charge in [-0.05, 0) is 83.0 Å². The summed E-state index contributed by atoms with van der Waals surface area (Å²) in [6, 6.07) is 18.0. The molecule has 172 valence electrons. The Labute approximate surface area is 198 Å². The van der Waals surface area contributed by atoms with Crippen LogP contribution in [0.2, 0.25) is 0 Å². The van der Waals surface area contributed by atoms with Crippen molar-refractivity contribution in [1.82, 2.24) is 4.98 Å². The average Bonchev–Trinajstić information content (AvgIpc) is 3.12. The molecule has 0 aliphatic heterocycles. The van der Waals surface area contributed by atoms with E-state index in [-0.39, 0.29) is 17.5 Å². The SMILES string of the molecule is CC(C)=O.Cc1ccc(F)cc1.Cc1nc2ccc(C(=O)Nc3c(C)cccc3C)cc2s1. The third kappa shape index (κ3) is 8.24. The Kier molecular flexibility index (Phi) is 9.43. The first-order valence-electron chi connectivity index (χ1n) is 10.5. The molecule has 0 aliphatic carbocycles. The van der Waals surface area contributed by atoms with Gasteiger partial charge in [-0.25, -0.2) is 9.37 Å². The van der Waals surface area contributed by atoms with Crippen LogP contribution in [0.4, 0.5) is 10.1 Å². The number of nitrogens with one attached hydrogen (secondary N) is 1. The molecule has 0 radical (unpaired) electrons. The number of aromatic nitrogens is 1. The van der Waals surface area contributed by atoms with Gasteiger partial charge < -0.3 is 10.1 Å². The molecule has 1 amide bonds. The number of carbonyl (C=O) groups excluding carboxylic acids is 2. The molecule has 6 heteroatoms. The van der Waals surface area contributed by atoms with Gasteiger partial charge in [0.1, 0.15) is 11.6 Å². The van der Waals surface area contributed by atoms with Crippen molar-refractivity contribution in [3.05, 3.63) is 93.7 Å². The van der Waals surface area contributed by atoms with E-state index < -0.39 is 0 Å². The first-order chi connectivity index (χ1) is 15.6. The Morgan fingerprint density at radius 1 is 0.879 bits per heavy atom. The van der Waals surface area contributed by atoms with Gasteiger partial charge in [0.2, 0.25) is 0 Å². The molecule has 0 atom stereocenters. The van der Waals surface area contributed by atoms with Gasteiger partial charge in [-0.15, -0.1) is 11.3 Å². The van der Waals surface area contributed by atoms with Gasteiger partial charge in [-0.3, -0.25) is 4.79 Å². The summed E-state index contributed by atoms with van der Waals surface area (Å²) in [5.41, 5.74) is 5.72. The second-order valence-corrected chi connectivity index (χ2v) is 9.07. The first kappa shape index (κ1) is 25.9. The quantitative estimate of drug-likeness (QED) is 0.341. The van der Waals surface area contributed by atoms with Crippen LogP contribution < -0.4 is 5.32 Å². The Morgan fingerprint density at radius 2 is 1.45 bits per heavy atom. The summed E-state index contributed by atoms with van der Waals surface area (Å²) in [5.74, 6) is -0.0871. The number of thiazole rings is 1. The largest absolute Gasteiger partial charge is 0.322 e. The maximum absolute atomic E-state index is 12.4. The zero-order valence-electron chi connectivity index (χ0n) is 19.8. The summed E-state index contributed by atoms with van der Waals surface area (Å²) in [4.78, 5) is 26.3. The highest BCUT2D eigenvalue weighted by Crippen LogP contribution is 2.24. The number of aryl methyl sites for hydroxylation is 4. The number of Topliss-reactive ketones (excluding diaryl/α,β-unsaturated/α-hetero) is 1. The molecule has 1 N–H and O–H groups in total. The number of amides is 1. The van der Waals surface area contributed by atoms with Gasteiger partial charge >= 0.3 is 0 Å². The molecule has 4 nitrogen and oxygen atoms in total. The highest BCUT2D eigenvalue weighted by Gasteiger charge is 2.11. The molecule has 0 fully saturated rings. The molecule has 33 heavy (non-hydrogen) atoms. The Bertz CT molecular complexity index is 1200. The molecule has 1 aromatic heterocycles. The predicted molar refractivity (Wildman–Crippen MR) is 136 cm³/mol. The zero-order chi connectivity index (χ0) is 24.5. The minimum Gasteiger partial charge on any atom is -0.322 e. The summed E-state index contributed by atoms with van der Waals surface area (Å²) >= 11 is 1.61. The van der Waals surface area contributed by atoms with Crippen molar-refractivity contribution in [2.24, 2.45) is 0 Å². The fourth-order valence-corrected chi connectivity index (χ4v) is 3.78. The van der Waals surface area contributed by atoms with Gasteiger partial charge in [-0.2, -0.15) is 0 Å². The van der Waals surface area contributed by atoms with Crippen LogP contribution in [0.5, 0.6) is 0 Å². The summed E-state index contributed by atoms with van der Waals surface area (Å²) in [7, 11) is 0. The lowest BCUT2D eigenvalue weighted by Gasteiger charge is -2.11. The zero-order valence-corrected chi connectivity index (χ0v) is 20.6. The van der Waals surface area contributed by atoms with E-state index in [0.29, 0.717) is 5.56 Å². The Hall–Kier alpha value is -3.38. The third-order valence-electron chi connectivity index (χ3n) is 4.49. The molecular weight excluding hydrogens is 435 g/mol. The van der Waals surface area contributed by atoms with Crippen molar-refractivity contribution in [2.45, 2.75) is 41.5 Å². The van der Waals surface area contributed by atoms with Crippen LogP contribution in [-0.2, 0) is 4.79 Å².